The molecule has 2 fully saturated rings. The molecule has 2 amide bonds. The van der Waals surface area contributed by atoms with Gasteiger partial charge >= 0.3 is 5.97 Å². The number of anilines is 1. The number of amides is 2. The Kier molecular flexibility index (Phi) is 6.74. The van der Waals surface area contributed by atoms with Crippen molar-refractivity contribution >= 4 is 23.5 Å². The van der Waals surface area contributed by atoms with E-state index in [1.807, 2.05) is 44.2 Å². The molecule has 0 radical (unpaired) electrons. The number of carbonyl (C=O) groups is 3. The number of cyclic esters (lactones) is 1. The Hall–Kier alpha value is -2.97. The Morgan fingerprint density at radius 1 is 1.06 bits per heavy atom. The fourth-order valence-corrected chi connectivity index (χ4v) is 6.18. The van der Waals surface area contributed by atoms with Crippen molar-refractivity contribution in [1.29, 1.82) is 0 Å². The van der Waals surface area contributed by atoms with Crippen molar-refractivity contribution in [3.05, 3.63) is 53.6 Å². The molecule has 2 saturated heterocycles. The molecule has 0 bridgehead atoms. The Balaban J connectivity index is 1.55. The molecule has 4 heterocycles. The maximum absolute atomic E-state index is 14.3. The van der Waals surface area contributed by atoms with Crippen LogP contribution in [0, 0.1) is 25.7 Å². The number of fused-ring (bicyclic) bond motifs is 2. The number of aliphatic hydroxyl groups is 1. The van der Waals surface area contributed by atoms with Gasteiger partial charge in [-0.25, -0.2) is 0 Å². The minimum absolute atomic E-state index is 0.136. The average molecular weight is 495 g/mol. The van der Waals surface area contributed by atoms with Crippen LogP contribution in [0.25, 0.3) is 0 Å². The quantitative estimate of drug-likeness (QED) is 0.355. The van der Waals surface area contributed by atoms with Crippen LogP contribution >= 0.6 is 0 Å². The van der Waals surface area contributed by atoms with Crippen LogP contribution in [0.15, 0.2) is 42.5 Å². The molecular weight excluding hydrogens is 460 g/mol. The Bertz CT molecular complexity index is 1110. The number of nitrogens with zero attached hydrogens (tertiary/aromatic N) is 2. The number of hydrogen-bond acceptors (Lipinski definition) is 6. The summed E-state index contributed by atoms with van der Waals surface area (Å²) >= 11 is 0. The van der Waals surface area contributed by atoms with Crippen molar-refractivity contribution in [2.24, 2.45) is 11.8 Å². The molecule has 8 nitrogen and oxygen atoms in total. The Morgan fingerprint density at radius 3 is 2.67 bits per heavy atom. The lowest BCUT2D eigenvalue weighted by molar-refractivity contribution is -0.152. The Labute approximate surface area is 211 Å². The summed E-state index contributed by atoms with van der Waals surface area (Å²) in [6.07, 6.45) is 9.74. The van der Waals surface area contributed by atoms with Gasteiger partial charge < -0.3 is 24.4 Å². The average Bonchev–Trinajstić information content (AvgIpc) is 3.15. The van der Waals surface area contributed by atoms with E-state index in [0.29, 0.717) is 25.9 Å². The normalized spacial score (nSPS) is 31.1. The molecule has 192 valence electrons. The maximum atomic E-state index is 14.3. The van der Waals surface area contributed by atoms with Crippen molar-refractivity contribution < 1.29 is 29.0 Å². The van der Waals surface area contributed by atoms with Crippen LogP contribution in [0.5, 0.6) is 0 Å². The summed E-state index contributed by atoms with van der Waals surface area (Å²) in [5, 5.41) is 9.10. The van der Waals surface area contributed by atoms with Gasteiger partial charge in [0.25, 0.3) is 5.91 Å². The summed E-state index contributed by atoms with van der Waals surface area (Å²) in [6.45, 7) is 4.99. The van der Waals surface area contributed by atoms with E-state index >= 15 is 0 Å². The number of likely N-dealkylation sites (tertiary alicyclic amines) is 1. The minimum Gasteiger partial charge on any atom is -0.461 e. The molecule has 5 rings (SSSR count). The van der Waals surface area contributed by atoms with E-state index in [1.165, 1.54) is 0 Å². The van der Waals surface area contributed by atoms with Crippen LogP contribution in [0.3, 0.4) is 0 Å². The molecule has 4 aliphatic heterocycles. The van der Waals surface area contributed by atoms with Crippen LogP contribution in [-0.2, 0) is 23.9 Å². The smallest absolute Gasteiger partial charge is 0.313 e. The standard InChI is InChI=1S/C28H34N2O6/c1-18-10-11-19(2)20(17-18)29-14-8-12-28-23(22-21(36-28)9-7-16-35-27(22)34)25(32)30(24(28)26(29)33)13-5-3-4-6-15-31/h7-12,17,21-24,31H,3-6,13-16H2,1-2H3/t21-,22+,23-,24?,28-/m0/s1. The number of hydrogen-bond donors (Lipinski definition) is 1. The van der Waals surface area contributed by atoms with E-state index in [1.54, 1.807) is 22.0 Å². The lowest BCUT2D eigenvalue weighted by Gasteiger charge is -2.35. The maximum Gasteiger partial charge on any atom is 0.313 e. The second-order valence-electron chi connectivity index (χ2n) is 10.2. The third kappa shape index (κ3) is 3.96. The highest BCUT2D eigenvalue weighted by atomic mass is 16.6. The molecule has 8 heteroatoms. The number of esters is 1. The Morgan fingerprint density at radius 2 is 1.86 bits per heavy atom. The van der Waals surface area contributed by atoms with Gasteiger partial charge in [-0.15, -0.1) is 0 Å². The molecule has 1 spiro atoms. The van der Waals surface area contributed by atoms with Crippen LogP contribution in [0.1, 0.15) is 36.8 Å². The molecule has 0 saturated carbocycles. The fourth-order valence-electron chi connectivity index (χ4n) is 6.18. The number of aliphatic hydroxyl groups excluding tert-OH is 1. The molecule has 1 unspecified atom stereocenters. The summed E-state index contributed by atoms with van der Waals surface area (Å²) < 4.78 is 11.9. The molecule has 1 aromatic rings. The van der Waals surface area contributed by atoms with Crippen molar-refractivity contribution in [3.63, 3.8) is 0 Å². The van der Waals surface area contributed by atoms with Crippen molar-refractivity contribution in [2.45, 2.75) is 57.3 Å². The van der Waals surface area contributed by atoms with Crippen molar-refractivity contribution in [3.8, 4) is 0 Å². The van der Waals surface area contributed by atoms with Crippen LogP contribution in [-0.4, -0.2) is 71.8 Å². The predicted octanol–water partition coefficient (Wildman–Crippen LogP) is 2.45. The monoisotopic (exact) mass is 494 g/mol. The molecule has 1 aromatic carbocycles. The van der Waals surface area contributed by atoms with Crippen molar-refractivity contribution in [2.75, 3.05) is 31.2 Å². The first kappa shape index (κ1) is 24.7. The highest BCUT2D eigenvalue weighted by molar-refractivity contribution is 6.05. The van der Waals surface area contributed by atoms with Crippen molar-refractivity contribution in [1.82, 2.24) is 4.90 Å². The number of carbonyl (C=O) groups excluding carboxylic acids is 3. The lowest BCUT2D eigenvalue weighted by atomic mass is 9.78. The van der Waals surface area contributed by atoms with E-state index in [-0.39, 0.29) is 25.0 Å². The van der Waals surface area contributed by atoms with Gasteiger partial charge in [0.1, 0.15) is 24.2 Å². The lowest BCUT2D eigenvalue weighted by Crippen LogP contribution is -2.55. The minimum atomic E-state index is -1.23. The molecule has 1 N–H and O–H groups in total. The zero-order valence-electron chi connectivity index (χ0n) is 20.9. The molecule has 5 atom stereocenters. The zero-order chi connectivity index (χ0) is 25.4. The van der Waals surface area contributed by atoms with E-state index in [4.69, 9.17) is 14.6 Å². The molecule has 4 aliphatic rings. The van der Waals surface area contributed by atoms with Crippen LogP contribution < -0.4 is 4.90 Å². The summed E-state index contributed by atoms with van der Waals surface area (Å²) in [5.74, 6) is -2.50. The largest absolute Gasteiger partial charge is 0.461 e. The summed E-state index contributed by atoms with van der Waals surface area (Å²) in [5.41, 5.74) is 1.59. The van der Waals surface area contributed by atoms with E-state index in [9.17, 15) is 14.4 Å². The summed E-state index contributed by atoms with van der Waals surface area (Å²) in [7, 11) is 0. The fraction of sp³-hybridized carbons (Fsp3) is 0.536. The van der Waals surface area contributed by atoms with Gasteiger partial charge in [-0.2, -0.15) is 0 Å². The number of aryl methyl sites for hydroxylation is 2. The number of rotatable bonds is 7. The first-order valence-corrected chi connectivity index (χ1v) is 12.9. The van der Waals surface area contributed by atoms with Gasteiger partial charge in [-0.1, -0.05) is 43.2 Å². The van der Waals surface area contributed by atoms with Gasteiger partial charge in [0.2, 0.25) is 5.91 Å². The van der Waals surface area contributed by atoms with Gasteiger partial charge in [-0.05, 0) is 50.0 Å². The molecular formula is C28H34N2O6. The van der Waals surface area contributed by atoms with E-state index in [0.717, 1.165) is 29.7 Å². The topological polar surface area (TPSA) is 96.4 Å². The number of benzene rings is 1. The second-order valence-corrected chi connectivity index (χ2v) is 10.2. The number of unbranched alkanes of at least 4 members (excludes halogenated alkanes) is 3. The highest BCUT2D eigenvalue weighted by Gasteiger charge is 2.71. The first-order chi connectivity index (χ1) is 17.4. The summed E-state index contributed by atoms with van der Waals surface area (Å²) in [6, 6.07) is 5.12. The van der Waals surface area contributed by atoms with Gasteiger partial charge in [0, 0.05) is 25.4 Å². The van der Waals surface area contributed by atoms with E-state index in [2.05, 4.69) is 0 Å². The highest BCUT2D eigenvalue weighted by Crippen LogP contribution is 2.53. The van der Waals surface area contributed by atoms with Gasteiger partial charge in [0.05, 0.1) is 12.0 Å². The van der Waals surface area contributed by atoms with E-state index < -0.39 is 35.6 Å². The zero-order valence-corrected chi connectivity index (χ0v) is 20.9. The van der Waals surface area contributed by atoms with Gasteiger partial charge in [0.15, 0.2) is 0 Å². The SMILES string of the molecule is Cc1ccc(C)c(N2CC=C[C@]34O[C@H]5C=CCOC(=O)[C@H]5[C@H]3C(=O)N(CCCCCCO)C4C2=O)c1. The summed E-state index contributed by atoms with van der Waals surface area (Å²) in [4.78, 5) is 44.6. The van der Waals surface area contributed by atoms with Gasteiger partial charge in [-0.3, -0.25) is 14.4 Å². The predicted molar refractivity (Wildman–Crippen MR) is 133 cm³/mol. The third-order valence-electron chi connectivity index (χ3n) is 7.88. The first-order valence-electron chi connectivity index (χ1n) is 12.9. The number of ether oxygens (including phenoxy) is 2. The van der Waals surface area contributed by atoms with Crippen LogP contribution in [0.4, 0.5) is 5.69 Å². The molecule has 0 aromatic heterocycles. The molecule has 36 heavy (non-hydrogen) atoms. The second kappa shape index (κ2) is 9.82. The molecule has 0 aliphatic carbocycles. The third-order valence-corrected chi connectivity index (χ3v) is 7.88. The van der Waals surface area contributed by atoms with Crippen LogP contribution in [0.2, 0.25) is 0 Å².